The minimum atomic E-state index is -0.880. The smallest absolute Gasteiger partial charge is 0.262 e. The predicted molar refractivity (Wildman–Crippen MR) is 118 cm³/mol. The van der Waals surface area contributed by atoms with Crippen LogP contribution in [0.25, 0.3) is 0 Å². The zero-order chi connectivity index (χ0) is 21.2. The third kappa shape index (κ3) is 2.83. The van der Waals surface area contributed by atoms with Crippen LogP contribution in [0.15, 0.2) is 23.2 Å². The minimum Gasteiger partial charge on any atom is -0.381 e. The van der Waals surface area contributed by atoms with E-state index in [0.717, 1.165) is 57.1 Å². The van der Waals surface area contributed by atoms with Gasteiger partial charge in [0, 0.05) is 19.1 Å². The normalized spacial score (nSPS) is 37.1. The number of ether oxygens (including phenoxy) is 2. The van der Waals surface area contributed by atoms with Gasteiger partial charge >= 0.3 is 0 Å². The Morgan fingerprint density at radius 2 is 2.03 bits per heavy atom. The molecule has 166 valence electrons. The van der Waals surface area contributed by atoms with Gasteiger partial charge < -0.3 is 15.2 Å². The molecule has 1 aromatic rings. The van der Waals surface area contributed by atoms with Gasteiger partial charge in [-0.3, -0.25) is 9.69 Å². The zero-order valence-electron chi connectivity index (χ0n) is 18.4. The van der Waals surface area contributed by atoms with Gasteiger partial charge in [-0.15, -0.1) is 0 Å². The van der Waals surface area contributed by atoms with Crippen LogP contribution in [0, 0.1) is 5.41 Å². The van der Waals surface area contributed by atoms with Crippen LogP contribution in [0.1, 0.15) is 74.0 Å². The second-order valence-electron chi connectivity index (χ2n) is 10.3. The summed E-state index contributed by atoms with van der Waals surface area (Å²) in [6.45, 7) is 1.29. The molecule has 2 N–H and O–H groups in total. The fourth-order valence-corrected chi connectivity index (χ4v) is 6.72. The number of hydrogen-bond acceptors (Lipinski definition) is 5. The van der Waals surface area contributed by atoms with E-state index in [-0.39, 0.29) is 23.5 Å². The molecule has 2 heterocycles. The number of benzene rings is 1. The van der Waals surface area contributed by atoms with Crippen LogP contribution in [-0.2, 0) is 26.2 Å². The van der Waals surface area contributed by atoms with Crippen LogP contribution in [0.3, 0.4) is 0 Å². The molecule has 0 bridgehead atoms. The lowest BCUT2D eigenvalue weighted by Crippen LogP contribution is -2.53. The van der Waals surface area contributed by atoms with Gasteiger partial charge in [0.05, 0.1) is 18.8 Å². The summed E-state index contributed by atoms with van der Waals surface area (Å²) in [5.41, 5.74) is 9.16. The van der Waals surface area contributed by atoms with E-state index in [9.17, 15) is 4.79 Å². The fraction of sp³-hybridized carbons (Fsp3) is 0.680. The Labute approximate surface area is 184 Å². The molecule has 2 spiro atoms. The molecule has 6 rings (SSSR count). The first-order chi connectivity index (χ1) is 15.1. The summed E-state index contributed by atoms with van der Waals surface area (Å²) < 4.78 is 11.5. The second-order valence-corrected chi connectivity index (χ2v) is 10.3. The molecule has 1 amide bonds. The summed E-state index contributed by atoms with van der Waals surface area (Å²) in [5.74, 6) is 1.09. The maximum absolute atomic E-state index is 14.3. The van der Waals surface area contributed by atoms with Crippen molar-refractivity contribution in [1.29, 1.82) is 0 Å². The summed E-state index contributed by atoms with van der Waals surface area (Å²) in [7, 11) is 1.80. The molecular weight excluding hydrogens is 390 g/mol. The van der Waals surface area contributed by atoms with Gasteiger partial charge in [0.15, 0.2) is 11.5 Å². The number of guanidine groups is 1. The first-order valence-electron chi connectivity index (χ1n) is 12.0. The summed E-state index contributed by atoms with van der Waals surface area (Å²) in [5, 5.41) is 0. The van der Waals surface area contributed by atoms with Gasteiger partial charge in [-0.25, -0.2) is 4.99 Å². The maximum atomic E-state index is 14.3. The number of hydrogen-bond donors (Lipinski definition) is 1. The van der Waals surface area contributed by atoms with E-state index < -0.39 is 5.54 Å². The molecule has 1 aromatic carbocycles. The third-order valence-electron chi connectivity index (χ3n) is 8.62. The molecular formula is C25H33N3O3. The highest BCUT2D eigenvalue weighted by molar-refractivity contribution is 6.08. The van der Waals surface area contributed by atoms with Crippen LogP contribution in [0.5, 0.6) is 0 Å². The molecule has 3 fully saturated rings. The number of nitrogens with zero attached hydrogens (tertiary/aromatic N) is 2. The fourth-order valence-electron chi connectivity index (χ4n) is 6.72. The molecule has 2 saturated carbocycles. The molecule has 31 heavy (non-hydrogen) atoms. The Hall–Kier alpha value is -1.92. The Morgan fingerprint density at radius 3 is 2.71 bits per heavy atom. The van der Waals surface area contributed by atoms with Crippen molar-refractivity contribution in [3.8, 4) is 0 Å². The van der Waals surface area contributed by atoms with Crippen molar-refractivity contribution in [2.75, 3.05) is 20.3 Å². The molecule has 3 aliphatic carbocycles. The molecule has 5 aliphatic rings. The van der Waals surface area contributed by atoms with Crippen molar-refractivity contribution in [2.45, 2.75) is 81.5 Å². The average molecular weight is 424 g/mol. The van der Waals surface area contributed by atoms with Crippen molar-refractivity contribution < 1.29 is 14.3 Å². The Bertz CT molecular complexity index is 926. The Morgan fingerprint density at radius 1 is 1.23 bits per heavy atom. The van der Waals surface area contributed by atoms with E-state index in [2.05, 4.69) is 18.2 Å². The molecule has 0 unspecified atom stereocenters. The Balaban J connectivity index is 1.43. The van der Waals surface area contributed by atoms with E-state index in [1.807, 2.05) is 0 Å². The Kier molecular flexibility index (Phi) is 4.48. The van der Waals surface area contributed by atoms with Gasteiger partial charge in [-0.05, 0) is 80.4 Å². The van der Waals surface area contributed by atoms with E-state index >= 15 is 0 Å². The highest BCUT2D eigenvalue weighted by Gasteiger charge is 2.66. The minimum absolute atomic E-state index is 0.0618. The highest BCUT2D eigenvalue weighted by Crippen LogP contribution is 2.62. The molecule has 0 radical (unpaired) electrons. The van der Waals surface area contributed by atoms with Gasteiger partial charge in [0.2, 0.25) is 0 Å². The molecule has 1 saturated heterocycles. The van der Waals surface area contributed by atoms with Crippen LogP contribution >= 0.6 is 0 Å². The van der Waals surface area contributed by atoms with Gasteiger partial charge in [-0.1, -0.05) is 18.2 Å². The third-order valence-corrected chi connectivity index (χ3v) is 8.62. The highest BCUT2D eigenvalue weighted by atomic mass is 16.5. The van der Waals surface area contributed by atoms with Crippen LogP contribution in [-0.4, -0.2) is 49.2 Å². The zero-order valence-corrected chi connectivity index (χ0v) is 18.4. The van der Waals surface area contributed by atoms with Crippen LogP contribution < -0.4 is 5.73 Å². The quantitative estimate of drug-likeness (QED) is 0.807. The van der Waals surface area contributed by atoms with Crippen molar-refractivity contribution >= 4 is 11.9 Å². The van der Waals surface area contributed by atoms with Crippen LogP contribution in [0.4, 0.5) is 0 Å². The van der Waals surface area contributed by atoms with E-state index in [1.165, 1.54) is 24.0 Å². The van der Waals surface area contributed by atoms with E-state index in [4.69, 9.17) is 20.2 Å². The van der Waals surface area contributed by atoms with Crippen molar-refractivity contribution in [3.63, 3.8) is 0 Å². The molecule has 6 nitrogen and oxygen atoms in total. The number of rotatable bonds is 4. The number of carbonyl (C=O) groups excluding carboxylic acids is 1. The number of amides is 1. The van der Waals surface area contributed by atoms with E-state index in [0.29, 0.717) is 18.4 Å². The topological polar surface area (TPSA) is 77.2 Å². The standard InChI is InChI=1S/C25H33N3O3/c1-30-19-8-10-24(11-9-19)14-18-7-6-17(16-4-5-16)13-21(18)25(24)22(29)28(23(26)27-25)15-20-3-2-12-31-20/h6-7,13,16,19-20H,2-5,8-12,14-15H2,1H3,(H2,26,27)/t19?,20-,24?,25-/m1/s1. The predicted octanol–water partition coefficient (Wildman–Crippen LogP) is 3.23. The lowest BCUT2D eigenvalue weighted by atomic mass is 9.61. The summed E-state index contributed by atoms with van der Waals surface area (Å²) in [6, 6.07) is 6.85. The summed E-state index contributed by atoms with van der Waals surface area (Å²) in [4.78, 5) is 21.1. The number of nitrogens with two attached hydrogens (primary N) is 1. The number of fused-ring (bicyclic) bond motifs is 3. The second kappa shape index (κ2) is 7.04. The first-order valence-corrected chi connectivity index (χ1v) is 12.0. The molecule has 2 aliphatic heterocycles. The van der Waals surface area contributed by atoms with Crippen LogP contribution in [0.2, 0.25) is 0 Å². The molecule has 0 aromatic heterocycles. The number of methoxy groups -OCH3 is 1. The number of carbonyl (C=O) groups is 1. The van der Waals surface area contributed by atoms with Crippen molar-refractivity contribution in [1.82, 2.24) is 4.90 Å². The molecule has 2 atom stereocenters. The average Bonchev–Trinajstić information content (AvgIpc) is 3.37. The largest absolute Gasteiger partial charge is 0.381 e. The number of aliphatic imine (C=N–C) groups is 1. The summed E-state index contributed by atoms with van der Waals surface area (Å²) >= 11 is 0. The monoisotopic (exact) mass is 423 g/mol. The van der Waals surface area contributed by atoms with Gasteiger partial charge in [-0.2, -0.15) is 0 Å². The van der Waals surface area contributed by atoms with Crippen molar-refractivity contribution in [3.05, 3.63) is 34.9 Å². The lowest BCUT2D eigenvalue weighted by molar-refractivity contribution is -0.139. The molecule has 6 heteroatoms. The van der Waals surface area contributed by atoms with E-state index in [1.54, 1.807) is 12.0 Å². The van der Waals surface area contributed by atoms with Gasteiger partial charge in [0.25, 0.3) is 5.91 Å². The first kappa shape index (κ1) is 19.7. The van der Waals surface area contributed by atoms with Gasteiger partial charge in [0.1, 0.15) is 0 Å². The lowest BCUT2D eigenvalue weighted by Gasteiger charge is -2.45. The van der Waals surface area contributed by atoms with Crippen molar-refractivity contribution in [2.24, 2.45) is 16.1 Å². The summed E-state index contributed by atoms with van der Waals surface area (Å²) in [6.07, 6.45) is 9.57. The maximum Gasteiger partial charge on any atom is 0.262 e. The SMILES string of the molecule is COC1CCC2(CC1)Cc1ccc(C3CC3)cc1[C@]21N=C(N)N(C[C@H]2CCCO2)C1=O.